The first-order valence-electron chi connectivity index (χ1n) is 30.7. The number of aliphatic imine (C=N–C) groups is 1. The van der Waals surface area contributed by atoms with Crippen LogP contribution < -0.4 is 5.32 Å². The van der Waals surface area contributed by atoms with Crippen molar-refractivity contribution in [2.24, 2.45) is 4.99 Å². The molecule has 0 spiro atoms. The van der Waals surface area contributed by atoms with Crippen molar-refractivity contribution in [2.45, 2.75) is 0 Å². The molecular formula is C63H103ClN2O22. The quantitative estimate of drug-likeness (QED) is 0.0775. The van der Waals surface area contributed by atoms with E-state index in [9.17, 15) is 0 Å². The van der Waals surface area contributed by atoms with Gasteiger partial charge in [0.05, 0.1) is 290 Å². The first kappa shape index (κ1) is 78.8. The third kappa shape index (κ3) is 48.3. The normalized spacial score (nSPS) is 12.3. The van der Waals surface area contributed by atoms with Gasteiger partial charge in [0.1, 0.15) is 0 Å². The zero-order chi connectivity index (χ0) is 62.2. The molecule has 1 aliphatic rings. The second-order valence-corrected chi connectivity index (χ2v) is 18.9. The van der Waals surface area contributed by atoms with Crippen molar-refractivity contribution in [3.05, 3.63) is 94.6 Å². The number of hydrogen-bond acceptors (Lipinski definition) is 24. The molecule has 2 aromatic rings. The smallest absolute Gasteiger partial charge is 0.0701 e. The number of rotatable bonds is 67. The Kier molecular flexibility index (Phi) is 55.8. The Balaban J connectivity index is 1.09. The van der Waals surface area contributed by atoms with Gasteiger partial charge in [-0.15, -0.1) is 0 Å². The minimum absolute atomic E-state index is 0.0157. The molecule has 1 aliphatic carbocycles. The first-order valence-corrected chi connectivity index (χ1v) is 31.1. The number of benzene rings is 2. The van der Waals surface area contributed by atoms with Crippen LogP contribution in [0, 0.1) is 0 Å². The van der Waals surface area contributed by atoms with Crippen molar-refractivity contribution in [3.8, 4) is 0 Å². The van der Waals surface area contributed by atoms with Crippen LogP contribution in [0.5, 0.6) is 0 Å². The summed E-state index contributed by atoms with van der Waals surface area (Å²) in [4.78, 5) is 4.71. The SMILES string of the molecule is OCCOCCOCCOCCOCCOCCOCCOCCOCCOCCOCCN=C1C=CC(=C(c2ccc(Cl)cc2)c2ccc(NCCOCCOCCOCCOCCOCCOCCOCCOCCOCCOCCO)cc2)C=C1. The third-order valence-corrected chi connectivity index (χ3v) is 12.0. The summed E-state index contributed by atoms with van der Waals surface area (Å²) in [5.41, 5.74) is 6.16. The van der Waals surface area contributed by atoms with Gasteiger partial charge in [-0.1, -0.05) is 48.0 Å². The van der Waals surface area contributed by atoms with Crippen molar-refractivity contribution in [1.82, 2.24) is 0 Å². The number of nitrogens with zero attached hydrogens (tertiary/aromatic N) is 1. The van der Waals surface area contributed by atoms with E-state index in [0.29, 0.717) is 282 Å². The lowest BCUT2D eigenvalue weighted by molar-refractivity contribution is -0.0267. The Morgan fingerprint density at radius 3 is 0.807 bits per heavy atom. The Hall–Kier alpha value is -3.46. The highest BCUT2D eigenvalue weighted by Gasteiger charge is 2.12. The van der Waals surface area contributed by atoms with Gasteiger partial charge < -0.3 is 110 Å². The van der Waals surface area contributed by atoms with Crippen LogP contribution in [0.3, 0.4) is 0 Å². The van der Waals surface area contributed by atoms with Gasteiger partial charge in [-0.25, -0.2) is 0 Å². The molecule has 24 nitrogen and oxygen atoms in total. The number of ether oxygens (including phenoxy) is 20. The minimum Gasteiger partial charge on any atom is -0.394 e. The van der Waals surface area contributed by atoms with Crippen LogP contribution in [0.2, 0.25) is 5.02 Å². The van der Waals surface area contributed by atoms with Gasteiger partial charge >= 0.3 is 0 Å². The average Bonchev–Trinajstić information content (AvgIpc) is 2.51. The Labute approximate surface area is 527 Å². The van der Waals surface area contributed by atoms with E-state index >= 15 is 0 Å². The van der Waals surface area contributed by atoms with Gasteiger partial charge in [-0.2, -0.15) is 0 Å². The highest BCUT2D eigenvalue weighted by Crippen LogP contribution is 2.31. The molecule has 0 saturated carbocycles. The van der Waals surface area contributed by atoms with E-state index in [1.54, 1.807) is 0 Å². The van der Waals surface area contributed by atoms with Crippen LogP contribution in [0.1, 0.15) is 11.1 Å². The molecule has 3 rings (SSSR count). The van der Waals surface area contributed by atoms with Crippen LogP contribution in [-0.4, -0.2) is 307 Å². The lowest BCUT2D eigenvalue weighted by atomic mass is 9.91. The van der Waals surface area contributed by atoms with Crippen LogP contribution in [0.15, 0.2) is 83.4 Å². The van der Waals surface area contributed by atoms with E-state index in [1.165, 1.54) is 0 Å². The average molecular weight is 1280 g/mol. The maximum absolute atomic E-state index is 8.64. The van der Waals surface area contributed by atoms with Crippen LogP contribution in [0.25, 0.3) is 5.57 Å². The monoisotopic (exact) mass is 1270 g/mol. The molecule has 88 heavy (non-hydrogen) atoms. The fourth-order valence-corrected chi connectivity index (χ4v) is 7.53. The summed E-state index contributed by atoms with van der Waals surface area (Å²) >= 11 is 6.29. The number of nitrogens with one attached hydrogen (secondary N) is 1. The van der Waals surface area contributed by atoms with Crippen molar-refractivity contribution in [3.63, 3.8) is 0 Å². The van der Waals surface area contributed by atoms with Gasteiger partial charge in [0, 0.05) is 17.3 Å². The molecule has 0 bridgehead atoms. The second kappa shape index (κ2) is 62.4. The summed E-state index contributed by atoms with van der Waals surface area (Å²) in [7, 11) is 0. The minimum atomic E-state index is 0.0157. The highest BCUT2D eigenvalue weighted by atomic mass is 35.5. The number of hydrogen-bond donors (Lipinski definition) is 3. The molecule has 0 aromatic heterocycles. The van der Waals surface area contributed by atoms with E-state index in [4.69, 9.17) is 122 Å². The first-order chi connectivity index (χ1) is 43.7. The van der Waals surface area contributed by atoms with Gasteiger partial charge in [0.2, 0.25) is 0 Å². The van der Waals surface area contributed by atoms with E-state index in [0.717, 1.165) is 33.7 Å². The highest BCUT2D eigenvalue weighted by molar-refractivity contribution is 6.30. The standard InChI is InChI=1S/C63H103ClN2O22/c64-60-7-1-57(2-8-60)63(58-3-9-61(10-4-58)65-13-17-69-21-25-73-29-33-77-37-41-81-45-49-85-53-55-87-51-47-83-43-39-79-35-31-75-27-23-71-19-15-67)59-5-11-62(12-6-59)66-14-18-70-22-26-74-30-34-78-38-42-82-46-50-86-54-56-88-52-48-84-44-40-80-36-32-76-28-24-72-20-16-68/h1-12,65,67-68H,13-56H2. The summed E-state index contributed by atoms with van der Waals surface area (Å²) in [6.07, 6.45) is 8.24. The lowest BCUT2D eigenvalue weighted by Gasteiger charge is -2.15. The van der Waals surface area contributed by atoms with Gasteiger partial charge in [-0.3, -0.25) is 4.99 Å². The van der Waals surface area contributed by atoms with Crippen molar-refractivity contribution in [1.29, 1.82) is 0 Å². The van der Waals surface area contributed by atoms with E-state index in [2.05, 4.69) is 41.7 Å². The van der Waals surface area contributed by atoms with Crippen molar-refractivity contribution >= 4 is 28.6 Å². The molecule has 0 fully saturated rings. The van der Waals surface area contributed by atoms with E-state index in [-0.39, 0.29) is 13.2 Å². The van der Waals surface area contributed by atoms with Crippen LogP contribution >= 0.6 is 11.6 Å². The molecule has 0 aliphatic heterocycles. The van der Waals surface area contributed by atoms with Crippen LogP contribution in [0.4, 0.5) is 5.69 Å². The number of anilines is 1. The molecule has 2 aromatic carbocycles. The fourth-order valence-electron chi connectivity index (χ4n) is 7.40. The predicted molar refractivity (Wildman–Crippen MR) is 334 cm³/mol. The summed E-state index contributed by atoms with van der Waals surface area (Å²) in [6, 6.07) is 16.3. The predicted octanol–water partition coefficient (Wildman–Crippen LogP) is 4.44. The lowest BCUT2D eigenvalue weighted by Crippen LogP contribution is -2.15. The van der Waals surface area contributed by atoms with Crippen molar-refractivity contribution < 1.29 is 105 Å². The molecule has 0 saturated heterocycles. The molecule has 0 unspecified atom stereocenters. The van der Waals surface area contributed by atoms with Gasteiger partial charge in [0.15, 0.2) is 0 Å². The van der Waals surface area contributed by atoms with Crippen molar-refractivity contribution in [2.75, 3.05) is 296 Å². The molecular weight excluding hydrogens is 1170 g/mol. The Morgan fingerprint density at radius 1 is 0.295 bits per heavy atom. The molecule has 0 radical (unpaired) electrons. The summed E-state index contributed by atoms with van der Waals surface area (Å²) in [5, 5.41) is 21.4. The van der Waals surface area contributed by atoms with Gasteiger partial charge in [0.25, 0.3) is 0 Å². The largest absolute Gasteiger partial charge is 0.394 e. The molecule has 0 atom stereocenters. The molecule has 3 N–H and O–H groups in total. The Morgan fingerprint density at radius 2 is 0.534 bits per heavy atom. The second-order valence-electron chi connectivity index (χ2n) is 18.5. The topological polar surface area (TPSA) is 249 Å². The number of aliphatic hydroxyl groups is 2. The summed E-state index contributed by atoms with van der Waals surface area (Å²) < 4.78 is 110. The number of aliphatic hydroxyl groups excluding tert-OH is 2. The third-order valence-electron chi connectivity index (χ3n) is 11.7. The zero-order valence-electron chi connectivity index (χ0n) is 51.9. The molecule has 0 heterocycles. The maximum atomic E-state index is 8.64. The summed E-state index contributed by atoms with van der Waals surface area (Å²) in [6.45, 7) is 20.3. The maximum Gasteiger partial charge on any atom is 0.0701 e. The van der Waals surface area contributed by atoms with E-state index < -0.39 is 0 Å². The Bertz CT molecular complexity index is 1940. The fraction of sp³-hybridized carbons (Fsp3) is 0.698. The number of allylic oxidation sites excluding steroid dienone is 5. The molecule has 504 valence electrons. The summed E-state index contributed by atoms with van der Waals surface area (Å²) in [5.74, 6) is 0. The van der Waals surface area contributed by atoms with Crippen LogP contribution in [-0.2, 0) is 94.7 Å². The molecule has 0 amide bonds. The van der Waals surface area contributed by atoms with E-state index in [1.807, 2.05) is 36.4 Å². The zero-order valence-corrected chi connectivity index (χ0v) is 52.7. The number of halogens is 1. The van der Waals surface area contributed by atoms with Gasteiger partial charge in [-0.05, 0) is 58.7 Å². The molecule has 25 heteroatoms.